The average Bonchev–Trinajstić information content (AvgIpc) is 3.52. The first kappa shape index (κ1) is 24.8. The smallest absolute Gasteiger partial charge is 0.410 e. The SMILES string of the molecule is CC(COC(=O)N1CCC[C@H]1Cn1c(=O)[nH]c2ccccc21)N(Cc1ccccc1)Cc1ccccc1. The number of amides is 1. The molecule has 7 nitrogen and oxygen atoms in total. The third-order valence-electron chi connectivity index (χ3n) is 7.21. The Kier molecular flexibility index (Phi) is 7.70. The lowest BCUT2D eigenvalue weighted by atomic mass is 10.1. The number of nitrogens with zero attached hydrogens (tertiary/aromatic N) is 3. The van der Waals surface area contributed by atoms with E-state index in [0.717, 1.165) is 37.0 Å². The molecule has 37 heavy (non-hydrogen) atoms. The maximum Gasteiger partial charge on any atom is 0.410 e. The van der Waals surface area contributed by atoms with Crippen LogP contribution in [0.5, 0.6) is 0 Å². The Hall–Kier alpha value is -3.84. The Morgan fingerprint density at radius 1 is 0.973 bits per heavy atom. The third-order valence-corrected chi connectivity index (χ3v) is 7.21. The van der Waals surface area contributed by atoms with Crippen LogP contribution in [0.2, 0.25) is 0 Å². The quantitative estimate of drug-likeness (QED) is 0.352. The van der Waals surface area contributed by atoms with Gasteiger partial charge in [0.25, 0.3) is 0 Å². The van der Waals surface area contributed by atoms with Crippen molar-refractivity contribution in [3.63, 3.8) is 0 Å². The van der Waals surface area contributed by atoms with Gasteiger partial charge in [0.2, 0.25) is 0 Å². The molecule has 0 spiro atoms. The Bertz CT molecular complexity index is 1320. The second kappa shape index (κ2) is 11.5. The molecule has 192 valence electrons. The molecule has 2 heterocycles. The lowest BCUT2D eigenvalue weighted by Gasteiger charge is -2.30. The number of carbonyl (C=O) groups is 1. The zero-order chi connectivity index (χ0) is 25.6. The average molecular weight is 499 g/mol. The molecule has 1 aromatic heterocycles. The molecule has 2 atom stereocenters. The highest BCUT2D eigenvalue weighted by atomic mass is 16.6. The van der Waals surface area contributed by atoms with E-state index in [-0.39, 0.29) is 23.9 Å². The number of fused-ring (bicyclic) bond motifs is 1. The fourth-order valence-corrected chi connectivity index (χ4v) is 5.15. The van der Waals surface area contributed by atoms with Crippen molar-refractivity contribution in [2.45, 2.75) is 51.5 Å². The van der Waals surface area contributed by atoms with Gasteiger partial charge in [-0.25, -0.2) is 9.59 Å². The van der Waals surface area contributed by atoms with Crippen LogP contribution < -0.4 is 5.69 Å². The number of imidazole rings is 1. The van der Waals surface area contributed by atoms with Crippen molar-refractivity contribution in [3.05, 3.63) is 107 Å². The van der Waals surface area contributed by atoms with E-state index in [1.807, 2.05) is 60.7 Å². The highest BCUT2D eigenvalue weighted by molar-refractivity contribution is 5.75. The van der Waals surface area contributed by atoms with E-state index < -0.39 is 0 Å². The Labute approximate surface area is 217 Å². The lowest BCUT2D eigenvalue weighted by Crippen LogP contribution is -2.42. The maximum absolute atomic E-state index is 13.2. The number of H-pyrrole nitrogens is 1. The number of aromatic amines is 1. The molecule has 0 saturated carbocycles. The monoisotopic (exact) mass is 498 g/mol. The number of para-hydroxylation sites is 2. The summed E-state index contributed by atoms with van der Waals surface area (Å²) in [6.07, 6.45) is 1.45. The van der Waals surface area contributed by atoms with Crippen molar-refractivity contribution < 1.29 is 9.53 Å². The van der Waals surface area contributed by atoms with Gasteiger partial charge in [-0.05, 0) is 43.0 Å². The fraction of sp³-hybridized carbons (Fsp3) is 0.333. The molecule has 1 fully saturated rings. The summed E-state index contributed by atoms with van der Waals surface area (Å²) in [6, 6.07) is 28.3. The lowest BCUT2D eigenvalue weighted by molar-refractivity contribution is 0.0601. The number of carbonyl (C=O) groups excluding carboxylic acids is 1. The van der Waals surface area contributed by atoms with Crippen LogP contribution in [0.15, 0.2) is 89.7 Å². The normalized spacial score (nSPS) is 16.4. The van der Waals surface area contributed by atoms with Gasteiger partial charge in [-0.3, -0.25) is 9.47 Å². The predicted molar refractivity (Wildman–Crippen MR) is 145 cm³/mol. The van der Waals surface area contributed by atoms with Gasteiger partial charge >= 0.3 is 11.8 Å². The molecule has 1 N–H and O–H groups in total. The molecule has 1 unspecified atom stereocenters. The molecule has 0 radical (unpaired) electrons. The van der Waals surface area contributed by atoms with Crippen LogP contribution in [0.1, 0.15) is 30.9 Å². The van der Waals surface area contributed by atoms with Gasteiger partial charge in [-0.2, -0.15) is 0 Å². The topological polar surface area (TPSA) is 70.6 Å². The Balaban J connectivity index is 1.23. The van der Waals surface area contributed by atoms with E-state index in [2.05, 4.69) is 41.1 Å². The first-order valence-corrected chi connectivity index (χ1v) is 13.0. The zero-order valence-corrected chi connectivity index (χ0v) is 21.3. The molecule has 4 aromatic rings. The number of nitrogens with one attached hydrogen (secondary N) is 1. The fourth-order valence-electron chi connectivity index (χ4n) is 5.15. The second-order valence-corrected chi connectivity index (χ2v) is 9.85. The van der Waals surface area contributed by atoms with Gasteiger partial charge in [0.05, 0.1) is 17.1 Å². The Morgan fingerprint density at radius 3 is 2.27 bits per heavy atom. The summed E-state index contributed by atoms with van der Waals surface area (Å²) in [4.78, 5) is 32.8. The minimum absolute atomic E-state index is 0.0293. The summed E-state index contributed by atoms with van der Waals surface area (Å²) in [7, 11) is 0. The first-order chi connectivity index (χ1) is 18.1. The molecule has 1 saturated heterocycles. The number of rotatable bonds is 9. The van der Waals surface area contributed by atoms with Crippen LogP contribution in [0.3, 0.4) is 0 Å². The largest absolute Gasteiger partial charge is 0.448 e. The molecule has 0 bridgehead atoms. The van der Waals surface area contributed by atoms with Gasteiger partial charge in [-0.15, -0.1) is 0 Å². The zero-order valence-electron chi connectivity index (χ0n) is 21.3. The molecular weight excluding hydrogens is 464 g/mol. The van der Waals surface area contributed by atoms with Gasteiger partial charge in [0.1, 0.15) is 6.61 Å². The van der Waals surface area contributed by atoms with Crippen molar-refractivity contribution in [3.8, 4) is 0 Å². The molecule has 5 rings (SSSR count). The van der Waals surface area contributed by atoms with Crippen molar-refractivity contribution in [2.75, 3.05) is 13.2 Å². The molecular formula is C30H34N4O3. The van der Waals surface area contributed by atoms with E-state index in [1.165, 1.54) is 11.1 Å². The minimum Gasteiger partial charge on any atom is -0.448 e. The summed E-state index contributed by atoms with van der Waals surface area (Å²) in [5.74, 6) is 0. The number of likely N-dealkylation sites (tertiary alicyclic amines) is 1. The van der Waals surface area contributed by atoms with Crippen molar-refractivity contribution in [2.24, 2.45) is 0 Å². The summed E-state index contributed by atoms with van der Waals surface area (Å²) >= 11 is 0. The minimum atomic E-state index is -0.304. The number of aromatic nitrogens is 2. The predicted octanol–water partition coefficient (Wildman–Crippen LogP) is 5.02. The van der Waals surface area contributed by atoms with E-state index in [9.17, 15) is 9.59 Å². The van der Waals surface area contributed by atoms with Crippen LogP contribution in [0, 0.1) is 0 Å². The highest BCUT2D eigenvalue weighted by Crippen LogP contribution is 2.22. The molecule has 1 aliphatic heterocycles. The van der Waals surface area contributed by atoms with Gasteiger partial charge < -0.3 is 14.6 Å². The molecule has 3 aromatic carbocycles. The third kappa shape index (κ3) is 5.94. The first-order valence-electron chi connectivity index (χ1n) is 13.0. The van der Waals surface area contributed by atoms with Gasteiger partial charge in [0.15, 0.2) is 0 Å². The molecule has 1 aliphatic rings. The molecule has 0 aliphatic carbocycles. The van der Waals surface area contributed by atoms with E-state index in [1.54, 1.807) is 9.47 Å². The molecule has 7 heteroatoms. The van der Waals surface area contributed by atoms with Crippen LogP contribution in [-0.4, -0.2) is 50.7 Å². The summed E-state index contributed by atoms with van der Waals surface area (Å²) < 4.78 is 7.59. The number of hydrogen-bond donors (Lipinski definition) is 1. The van der Waals surface area contributed by atoms with Gasteiger partial charge in [-0.1, -0.05) is 72.8 Å². The van der Waals surface area contributed by atoms with Crippen LogP contribution >= 0.6 is 0 Å². The maximum atomic E-state index is 13.2. The summed E-state index contributed by atoms with van der Waals surface area (Å²) in [6.45, 7) is 5.05. The van der Waals surface area contributed by atoms with Crippen LogP contribution in [0.4, 0.5) is 4.79 Å². The second-order valence-electron chi connectivity index (χ2n) is 9.85. The van der Waals surface area contributed by atoms with Crippen molar-refractivity contribution in [1.82, 2.24) is 19.4 Å². The Morgan fingerprint density at radius 2 is 1.59 bits per heavy atom. The van der Waals surface area contributed by atoms with E-state index in [4.69, 9.17) is 4.74 Å². The number of hydrogen-bond acceptors (Lipinski definition) is 4. The standard InChI is InChI=1S/C30H34N4O3/c1-23(32(19-24-11-4-2-5-12-24)20-25-13-6-3-7-14-25)22-37-30(36)33-18-10-15-26(33)21-34-28-17-9-8-16-27(28)31-29(34)35/h2-9,11-14,16-17,23,26H,10,15,18-22H2,1H3,(H,31,35)/t23?,26-/m0/s1. The number of benzene rings is 3. The highest BCUT2D eigenvalue weighted by Gasteiger charge is 2.31. The van der Waals surface area contributed by atoms with E-state index in [0.29, 0.717) is 19.7 Å². The summed E-state index contributed by atoms with van der Waals surface area (Å²) in [5.41, 5.74) is 3.97. The van der Waals surface area contributed by atoms with Crippen molar-refractivity contribution in [1.29, 1.82) is 0 Å². The number of ether oxygens (including phenoxy) is 1. The van der Waals surface area contributed by atoms with E-state index >= 15 is 0 Å². The molecule has 1 amide bonds. The van der Waals surface area contributed by atoms with Crippen molar-refractivity contribution >= 4 is 17.1 Å². The summed E-state index contributed by atoms with van der Waals surface area (Å²) in [5, 5.41) is 0. The van der Waals surface area contributed by atoms with Gasteiger partial charge in [0, 0.05) is 32.2 Å². The van der Waals surface area contributed by atoms with Crippen LogP contribution in [-0.2, 0) is 24.4 Å². The van der Waals surface area contributed by atoms with Crippen LogP contribution in [0.25, 0.3) is 11.0 Å².